The fourth-order valence-corrected chi connectivity index (χ4v) is 11.1. The first-order valence-electron chi connectivity index (χ1n) is 27.0. The number of ether oxygens (including phenoxy) is 1. The van der Waals surface area contributed by atoms with E-state index >= 15 is 19.2 Å². The molecule has 17 nitrogen and oxygen atoms in total. The van der Waals surface area contributed by atoms with Crippen LogP contribution in [0, 0.1) is 0 Å². The van der Waals surface area contributed by atoms with Gasteiger partial charge in [-0.15, -0.1) is 0 Å². The van der Waals surface area contributed by atoms with Crippen LogP contribution in [0.1, 0.15) is 46.2 Å². The second-order valence-electron chi connectivity index (χ2n) is 20.5. The molecule has 1 aromatic heterocycles. The van der Waals surface area contributed by atoms with Crippen molar-refractivity contribution in [2.45, 2.75) is 87.9 Å². The summed E-state index contributed by atoms with van der Waals surface area (Å²) < 4.78 is 6.11. The molecule has 0 bridgehead atoms. The van der Waals surface area contributed by atoms with Gasteiger partial charge in [0.1, 0.15) is 48.6 Å². The summed E-state index contributed by atoms with van der Waals surface area (Å²) in [5.41, 5.74) is 6.15. The Kier molecular flexibility index (Phi) is 17.0. The van der Waals surface area contributed by atoms with Crippen molar-refractivity contribution in [1.29, 1.82) is 0 Å². The Balaban J connectivity index is 1.04. The summed E-state index contributed by atoms with van der Waals surface area (Å²) in [5, 5.41) is 19.7. The van der Waals surface area contributed by atoms with Gasteiger partial charge in [0.15, 0.2) is 0 Å². The van der Waals surface area contributed by atoms with Crippen LogP contribution in [0.15, 0.2) is 140 Å². The van der Waals surface area contributed by atoms with Gasteiger partial charge < -0.3 is 51.4 Å². The summed E-state index contributed by atoms with van der Waals surface area (Å²) in [6.45, 7) is 3.76. The smallest absolute Gasteiger partial charge is 0.246 e. The van der Waals surface area contributed by atoms with E-state index in [-0.39, 0.29) is 51.9 Å². The van der Waals surface area contributed by atoms with Gasteiger partial charge in [-0.3, -0.25) is 33.7 Å². The number of hydrogen-bond donors (Lipinski definition) is 7. The molecule has 0 radical (unpaired) electrons. The molecule has 7 N–H and O–H groups in total. The van der Waals surface area contributed by atoms with Gasteiger partial charge in [0.25, 0.3) is 0 Å². The lowest BCUT2D eigenvalue weighted by atomic mass is 9.99. The van der Waals surface area contributed by atoms with Crippen molar-refractivity contribution < 1.29 is 33.5 Å². The van der Waals surface area contributed by atoms with Crippen LogP contribution in [0.3, 0.4) is 0 Å². The molecule has 5 heterocycles. The Bertz CT molecular complexity index is 3020. The highest BCUT2D eigenvalue weighted by molar-refractivity contribution is 5.99. The van der Waals surface area contributed by atoms with Gasteiger partial charge in [-0.25, -0.2) is 0 Å². The quantitative estimate of drug-likeness (QED) is 0.0953. The van der Waals surface area contributed by atoms with E-state index < -0.39 is 71.7 Å². The van der Waals surface area contributed by atoms with Crippen molar-refractivity contribution in [1.82, 2.24) is 51.6 Å². The number of piperazine rings is 2. The van der Waals surface area contributed by atoms with E-state index in [0.717, 1.165) is 44.3 Å². The number of carbonyl (C=O) groups excluding carboxylic acids is 6. The summed E-state index contributed by atoms with van der Waals surface area (Å²) in [5.74, 6) is -2.58. The van der Waals surface area contributed by atoms with Gasteiger partial charge in [-0.1, -0.05) is 115 Å². The van der Waals surface area contributed by atoms with Crippen LogP contribution in [-0.2, 0) is 67.6 Å². The summed E-state index contributed by atoms with van der Waals surface area (Å²) in [6.07, 6.45) is 3.24. The van der Waals surface area contributed by atoms with Gasteiger partial charge in [-0.2, -0.15) is 0 Å². The topological polar surface area (TPSA) is 209 Å². The van der Waals surface area contributed by atoms with Crippen molar-refractivity contribution in [3.8, 4) is 5.75 Å². The highest BCUT2D eigenvalue weighted by Gasteiger charge is 2.43. The number of H-pyrrole nitrogens is 1. The van der Waals surface area contributed by atoms with Gasteiger partial charge >= 0.3 is 0 Å². The molecule has 4 aliphatic rings. The number of amides is 6. The SMILES string of the molecule is O=C1N[C@@H](CCc2ccccc2)C(=O)N[C@H](Cc2c[nH]c3ccccc23)C(=O)N[C@@H](CN2CCNCC2)C(=O)N[C@@H](Cc2ccc(OCc3ccccc3)cc2)C(=O)N2Cc3ccccc3CC[C@H]2C(=O)N2CCNCC12. The predicted molar refractivity (Wildman–Crippen MR) is 292 cm³/mol. The second kappa shape index (κ2) is 24.9. The summed E-state index contributed by atoms with van der Waals surface area (Å²) in [4.78, 5) is 100. The third kappa shape index (κ3) is 13.0. The molecule has 6 atom stereocenters. The van der Waals surface area contributed by atoms with Gasteiger partial charge in [0.2, 0.25) is 35.4 Å². The minimum absolute atomic E-state index is 0.0409. The van der Waals surface area contributed by atoms with E-state index in [1.54, 1.807) is 9.80 Å². The average molecular weight is 1040 g/mol. The molecule has 10 rings (SSSR count). The first kappa shape index (κ1) is 52.6. The number of aryl methyl sites for hydroxylation is 2. The number of fused-ring (bicyclic) bond motifs is 4. The fraction of sp³-hybridized carbons (Fsp3) is 0.367. The molecule has 0 saturated carbocycles. The fourth-order valence-electron chi connectivity index (χ4n) is 11.1. The lowest BCUT2D eigenvalue weighted by Gasteiger charge is -2.41. The number of nitrogens with one attached hydrogen (secondary N) is 7. The van der Waals surface area contributed by atoms with Crippen LogP contribution in [0.2, 0.25) is 0 Å². The summed E-state index contributed by atoms with van der Waals surface area (Å²) in [7, 11) is 0. The maximum atomic E-state index is 15.8. The maximum absolute atomic E-state index is 15.8. The van der Waals surface area contributed by atoms with Crippen LogP contribution in [-0.4, -0.2) is 144 Å². The molecule has 77 heavy (non-hydrogen) atoms. The minimum atomic E-state index is -1.22. The number of aromatic nitrogens is 1. The molecule has 4 aliphatic heterocycles. The molecular formula is C60H68N10O7. The first-order chi connectivity index (χ1) is 37.6. The Morgan fingerprint density at radius 1 is 0.519 bits per heavy atom. The van der Waals surface area contributed by atoms with Gasteiger partial charge in [0, 0.05) is 88.8 Å². The Morgan fingerprint density at radius 3 is 1.94 bits per heavy atom. The van der Waals surface area contributed by atoms with Crippen LogP contribution >= 0.6 is 0 Å². The van der Waals surface area contributed by atoms with Crippen molar-refractivity contribution in [3.05, 3.63) is 173 Å². The number of nitrogens with zero attached hydrogens (tertiary/aromatic N) is 3. The molecule has 0 aliphatic carbocycles. The molecule has 3 saturated heterocycles. The normalized spacial score (nSPS) is 23.2. The zero-order valence-electron chi connectivity index (χ0n) is 43.3. The highest BCUT2D eigenvalue weighted by atomic mass is 16.5. The molecule has 6 amide bonds. The van der Waals surface area contributed by atoms with E-state index in [9.17, 15) is 9.59 Å². The van der Waals surface area contributed by atoms with Crippen molar-refractivity contribution in [2.75, 3.05) is 52.4 Å². The van der Waals surface area contributed by atoms with Crippen LogP contribution in [0.5, 0.6) is 5.75 Å². The van der Waals surface area contributed by atoms with Crippen LogP contribution in [0.4, 0.5) is 0 Å². The largest absolute Gasteiger partial charge is 0.489 e. The van der Waals surface area contributed by atoms with Crippen molar-refractivity contribution in [3.63, 3.8) is 0 Å². The molecule has 5 aromatic carbocycles. The number of rotatable bonds is 12. The second-order valence-corrected chi connectivity index (χ2v) is 20.5. The lowest BCUT2D eigenvalue weighted by molar-refractivity contribution is -0.152. The average Bonchev–Trinajstić information content (AvgIpc) is 3.77. The number of carbonyl (C=O) groups is 6. The minimum Gasteiger partial charge on any atom is -0.489 e. The molecule has 400 valence electrons. The third-order valence-corrected chi connectivity index (χ3v) is 15.4. The van der Waals surface area contributed by atoms with Crippen LogP contribution in [0.25, 0.3) is 10.9 Å². The van der Waals surface area contributed by atoms with Crippen LogP contribution < -0.4 is 36.6 Å². The Hall–Kier alpha value is -7.86. The lowest BCUT2D eigenvalue weighted by Crippen LogP contribution is -2.66. The molecular weight excluding hydrogens is 973 g/mol. The molecule has 0 spiro atoms. The number of hydrogen-bond acceptors (Lipinski definition) is 10. The van der Waals surface area contributed by atoms with E-state index in [4.69, 9.17) is 4.74 Å². The van der Waals surface area contributed by atoms with E-state index in [1.807, 2.05) is 140 Å². The zero-order chi connectivity index (χ0) is 53.1. The van der Waals surface area contributed by atoms with E-state index in [2.05, 4.69) is 41.8 Å². The highest BCUT2D eigenvalue weighted by Crippen LogP contribution is 2.27. The molecule has 17 heteroatoms. The van der Waals surface area contributed by atoms with E-state index in [0.29, 0.717) is 57.9 Å². The maximum Gasteiger partial charge on any atom is 0.246 e. The number of benzene rings is 5. The third-order valence-electron chi connectivity index (χ3n) is 15.4. The van der Waals surface area contributed by atoms with Gasteiger partial charge in [0.05, 0.1) is 0 Å². The Labute approximate surface area is 448 Å². The Morgan fingerprint density at radius 2 is 1.16 bits per heavy atom. The van der Waals surface area contributed by atoms with E-state index in [1.165, 1.54) is 0 Å². The summed E-state index contributed by atoms with van der Waals surface area (Å²) >= 11 is 0. The van der Waals surface area contributed by atoms with Gasteiger partial charge in [-0.05, 0) is 77.3 Å². The monoisotopic (exact) mass is 1040 g/mol. The summed E-state index contributed by atoms with van der Waals surface area (Å²) in [6, 6.07) is 35.5. The first-order valence-corrected chi connectivity index (χ1v) is 27.0. The molecule has 1 unspecified atom stereocenters. The standard InChI is InChI=1S/C60H68N10O7/c71-55-49(25-21-40-11-3-1-4-12-40)64-58(74)54-36-62-29-32-69(54)60(76)53-26-22-43-15-7-8-16-44(43)37-70(53)59(75)51(33-41-19-23-46(24-20-41)77-39-42-13-5-2-6-14-42)66-57(73)52(38-68-30-27-61-28-31-68)67-56(72)50(65-55)34-45-35-63-48-18-10-9-17-47(45)48/h1-20,23-24,35,49-54,61-63H,21-22,25-34,36-39H2,(H,64,74)(H,65,71)(H,66,73)(H,67,72)/t49-,50+,51-,52-,53-,54?/m0/s1. The predicted octanol–water partition coefficient (Wildman–Crippen LogP) is 3.17. The van der Waals surface area contributed by atoms with Crippen molar-refractivity contribution >= 4 is 46.3 Å². The zero-order valence-corrected chi connectivity index (χ0v) is 43.3. The molecule has 3 fully saturated rings. The number of aromatic amines is 1. The molecule has 6 aromatic rings. The number of para-hydroxylation sites is 1. The van der Waals surface area contributed by atoms with Crippen molar-refractivity contribution in [2.24, 2.45) is 0 Å².